The quantitative estimate of drug-likeness (QED) is 0.890. The van der Waals surface area contributed by atoms with Gasteiger partial charge in [-0.1, -0.05) is 11.8 Å². The fraction of sp³-hybridized carbons (Fsp3) is 0.538. The zero-order valence-electron chi connectivity index (χ0n) is 11.0. The number of thioether (sulfide) groups is 1. The van der Waals surface area contributed by atoms with Crippen molar-refractivity contribution >= 4 is 28.6 Å². The number of nitrogens with one attached hydrogen (secondary N) is 1. The second kappa shape index (κ2) is 5.78. The van der Waals surface area contributed by atoms with Crippen LogP contribution in [0.5, 0.6) is 0 Å². The van der Waals surface area contributed by atoms with E-state index in [1.54, 1.807) is 6.07 Å². The molecule has 0 radical (unpaired) electrons. The van der Waals surface area contributed by atoms with E-state index in [9.17, 15) is 9.59 Å². The predicted molar refractivity (Wildman–Crippen MR) is 76.8 cm³/mol. The molecule has 3 heterocycles. The van der Waals surface area contributed by atoms with E-state index in [0.29, 0.717) is 6.42 Å². The topological polar surface area (TPSA) is 75.2 Å². The van der Waals surface area contributed by atoms with Crippen LogP contribution in [-0.4, -0.2) is 46.1 Å². The van der Waals surface area contributed by atoms with Crippen LogP contribution < -0.4 is 10.2 Å². The molecular formula is C13H16N4O2S. The molecule has 0 saturated carbocycles. The van der Waals surface area contributed by atoms with Crippen molar-refractivity contribution in [3.63, 3.8) is 0 Å². The lowest BCUT2D eigenvalue weighted by Gasteiger charge is -2.15. The zero-order valence-corrected chi connectivity index (χ0v) is 11.9. The van der Waals surface area contributed by atoms with Crippen molar-refractivity contribution in [1.29, 1.82) is 0 Å². The summed E-state index contributed by atoms with van der Waals surface area (Å²) in [7, 11) is 0. The second-order valence-corrected chi connectivity index (χ2v) is 6.05. The minimum Gasteiger partial charge on any atom is -0.355 e. The van der Waals surface area contributed by atoms with Crippen molar-refractivity contribution in [2.75, 3.05) is 23.7 Å². The van der Waals surface area contributed by atoms with E-state index < -0.39 is 0 Å². The molecule has 2 aliphatic rings. The van der Waals surface area contributed by atoms with Crippen molar-refractivity contribution in [3.8, 4) is 0 Å². The van der Waals surface area contributed by atoms with Gasteiger partial charge in [0.1, 0.15) is 0 Å². The van der Waals surface area contributed by atoms with Gasteiger partial charge < -0.3 is 10.2 Å². The standard InChI is InChI=1S/C13H16N4O2S/c18-12(14-10-5-8-20-13(10)19)9-3-4-11(16-15-9)17-6-1-2-7-17/h3-4,10H,1-2,5-8H2,(H,14,18)/t10-/m0/s1. The molecule has 2 aliphatic heterocycles. The van der Waals surface area contributed by atoms with Crippen LogP contribution in [0.3, 0.4) is 0 Å². The molecule has 7 heteroatoms. The van der Waals surface area contributed by atoms with E-state index in [2.05, 4.69) is 20.4 Å². The van der Waals surface area contributed by atoms with Gasteiger partial charge in [0.15, 0.2) is 11.5 Å². The van der Waals surface area contributed by atoms with Crippen LogP contribution in [-0.2, 0) is 4.79 Å². The van der Waals surface area contributed by atoms with Crippen LogP contribution in [0.2, 0.25) is 0 Å². The largest absolute Gasteiger partial charge is 0.355 e. The van der Waals surface area contributed by atoms with E-state index in [1.165, 1.54) is 24.6 Å². The lowest BCUT2D eigenvalue weighted by molar-refractivity contribution is -0.112. The monoisotopic (exact) mass is 292 g/mol. The fourth-order valence-electron chi connectivity index (χ4n) is 2.42. The van der Waals surface area contributed by atoms with Crippen LogP contribution in [0.15, 0.2) is 12.1 Å². The molecule has 3 rings (SSSR count). The van der Waals surface area contributed by atoms with Gasteiger partial charge in [0, 0.05) is 18.8 Å². The number of hydrogen-bond acceptors (Lipinski definition) is 6. The maximum Gasteiger partial charge on any atom is 0.272 e. The number of nitrogens with zero attached hydrogens (tertiary/aromatic N) is 3. The third-order valence-corrected chi connectivity index (χ3v) is 4.56. The number of amides is 1. The highest BCUT2D eigenvalue weighted by Crippen LogP contribution is 2.20. The van der Waals surface area contributed by atoms with Crippen molar-refractivity contribution < 1.29 is 9.59 Å². The van der Waals surface area contributed by atoms with Gasteiger partial charge in [0.2, 0.25) is 5.12 Å². The van der Waals surface area contributed by atoms with Gasteiger partial charge in [-0.2, -0.15) is 0 Å². The normalized spacial score (nSPS) is 22.3. The first kappa shape index (κ1) is 13.4. The van der Waals surface area contributed by atoms with Crippen LogP contribution in [0, 0.1) is 0 Å². The Balaban J connectivity index is 1.64. The highest BCUT2D eigenvalue weighted by Gasteiger charge is 2.27. The molecule has 1 N–H and O–H groups in total. The number of carbonyl (C=O) groups excluding carboxylic acids is 2. The van der Waals surface area contributed by atoms with Gasteiger partial charge in [-0.25, -0.2) is 0 Å². The molecule has 0 bridgehead atoms. The lowest BCUT2D eigenvalue weighted by atomic mass is 10.2. The van der Waals surface area contributed by atoms with Crippen molar-refractivity contribution in [2.24, 2.45) is 0 Å². The Bertz CT molecular complexity index is 514. The summed E-state index contributed by atoms with van der Waals surface area (Å²) < 4.78 is 0. The molecule has 20 heavy (non-hydrogen) atoms. The molecule has 0 aliphatic carbocycles. The number of rotatable bonds is 3. The number of carbonyl (C=O) groups is 2. The molecule has 2 fully saturated rings. The van der Waals surface area contributed by atoms with E-state index in [0.717, 1.165) is 24.7 Å². The third-order valence-electron chi connectivity index (χ3n) is 3.55. The van der Waals surface area contributed by atoms with Gasteiger partial charge in [-0.05, 0) is 31.4 Å². The SMILES string of the molecule is O=C(N[C@H]1CCSC1=O)c1ccc(N2CCCC2)nn1. The summed E-state index contributed by atoms with van der Waals surface area (Å²) in [4.78, 5) is 25.6. The van der Waals surface area contributed by atoms with E-state index >= 15 is 0 Å². The first-order valence-electron chi connectivity index (χ1n) is 6.80. The highest BCUT2D eigenvalue weighted by atomic mass is 32.2. The summed E-state index contributed by atoms with van der Waals surface area (Å²) in [6.07, 6.45) is 3.03. The van der Waals surface area contributed by atoms with Crippen LogP contribution in [0.25, 0.3) is 0 Å². The molecule has 1 amide bonds. The van der Waals surface area contributed by atoms with Crippen LogP contribution >= 0.6 is 11.8 Å². The second-order valence-electron chi connectivity index (χ2n) is 4.95. The molecule has 2 saturated heterocycles. The molecular weight excluding hydrogens is 276 g/mol. The van der Waals surface area contributed by atoms with E-state index in [4.69, 9.17) is 0 Å². The average molecular weight is 292 g/mol. The maximum atomic E-state index is 12.0. The predicted octanol–water partition coefficient (Wildman–Crippen LogP) is 0.839. The Labute approximate surface area is 121 Å². The minimum atomic E-state index is -0.382. The summed E-state index contributed by atoms with van der Waals surface area (Å²) in [5.41, 5.74) is 0.262. The van der Waals surface area contributed by atoms with Crippen LogP contribution in [0.4, 0.5) is 5.82 Å². The minimum absolute atomic E-state index is 0.0278. The molecule has 6 nitrogen and oxygen atoms in total. The van der Waals surface area contributed by atoms with Gasteiger partial charge in [0.25, 0.3) is 5.91 Å². The van der Waals surface area contributed by atoms with E-state index in [-0.39, 0.29) is 22.8 Å². The summed E-state index contributed by atoms with van der Waals surface area (Å²) in [6, 6.07) is 3.11. The first-order chi connectivity index (χ1) is 9.74. The molecule has 0 aromatic carbocycles. The number of hydrogen-bond donors (Lipinski definition) is 1. The first-order valence-corrected chi connectivity index (χ1v) is 7.79. The molecule has 0 spiro atoms. The fourth-order valence-corrected chi connectivity index (χ4v) is 3.35. The van der Waals surface area contributed by atoms with Crippen molar-refractivity contribution in [3.05, 3.63) is 17.8 Å². The van der Waals surface area contributed by atoms with Gasteiger partial charge >= 0.3 is 0 Å². The summed E-state index contributed by atoms with van der Waals surface area (Å²) in [6.45, 7) is 1.99. The summed E-state index contributed by atoms with van der Waals surface area (Å²) in [5.74, 6) is 1.25. The Kier molecular flexibility index (Phi) is 3.86. The van der Waals surface area contributed by atoms with E-state index in [1.807, 2.05) is 6.07 Å². The Hall–Kier alpha value is -1.63. The number of anilines is 1. The molecule has 1 atom stereocenters. The number of aromatic nitrogens is 2. The van der Waals surface area contributed by atoms with Gasteiger partial charge in [-0.15, -0.1) is 10.2 Å². The van der Waals surface area contributed by atoms with Crippen molar-refractivity contribution in [2.45, 2.75) is 25.3 Å². The summed E-state index contributed by atoms with van der Waals surface area (Å²) >= 11 is 1.27. The van der Waals surface area contributed by atoms with Gasteiger partial charge in [-0.3, -0.25) is 9.59 Å². The molecule has 106 valence electrons. The Morgan fingerprint density at radius 2 is 2.10 bits per heavy atom. The Morgan fingerprint density at radius 3 is 2.70 bits per heavy atom. The molecule has 1 aromatic rings. The van der Waals surface area contributed by atoms with Crippen molar-refractivity contribution in [1.82, 2.24) is 15.5 Å². The lowest BCUT2D eigenvalue weighted by Crippen LogP contribution is -2.37. The smallest absolute Gasteiger partial charge is 0.272 e. The summed E-state index contributed by atoms with van der Waals surface area (Å²) in [5, 5.41) is 10.8. The zero-order chi connectivity index (χ0) is 13.9. The molecule has 1 aromatic heterocycles. The highest BCUT2D eigenvalue weighted by molar-refractivity contribution is 8.14. The third kappa shape index (κ3) is 2.77. The van der Waals surface area contributed by atoms with Crippen LogP contribution in [0.1, 0.15) is 29.8 Å². The maximum absolute atomic E-state index is 12.0. The Morgan fingerprint density at radius 1 is 1.30 bits per heavy atom. The molecule has 0 unspecified atom stereocenters. The van der Waals surface area contributed by atoms with Gasteiger partial charge in [0.05, 0.1) is 6.04 Å². The average Bonchev–Trinajstić information content (AvgIpc) is 3.12.